The van der Waals surface area contributed by atoms with E-state index >= 15 is 0 Å². The molecular formula is C25H24F4N6O2S. The standard InChI is InChI=1S/C25H24F4N6O2S/c26-17-5-3-16(4-6-17)20-10-7-18-13-21(33-20)22(35-24(11-12-24)25(27,28)29)34-23(32-18)31-14-15-1-8-19(9-2-15)38(30,36)37/h1-10,18,20H,11-14H2,(H2,30,36,37)(H2,31,32,34,35). The van der Waals surface area contributed by atoms with Crippen molar-refractivity contribution in [2.75, 3.05) is 0 Å². The second kappa shape index (κ2) is 9.62. The van der Waals surface area contributed by atoms with Crippen molar-refractivity contribution in [3.05, 3.63) is 77.6 Å². The van der Waals surface area contributed by atoms with Crippen LogP contribution in [0.15, 0.2) is 80.6 Å². The first-order valence-electron chi connectivity index (χ1n) is 11.8. The Morgan fingerprint density at radius 3 is 2.34 bits per heavy atom. The van der Waals surface area contributed by atoms with E-state index in [0.717, 1.165) is 0 Å². The van der Waals surface area contributed by atoms with Crippen LogP contribution in [0.4, 0.5) is 17.6 Å². The molecule has 2 aromatic rings. The van der Waals surface area contributed by atoms with Crippen molar-refractivity contribution in [1.29, 1.82) is 0 Å². The molecule has 2 aliphatic heterocycles. The van der Waals surface area contributed by atoms with E-state index in [1.807, 2.05) is 6.08 Å². The lowest BCUT2D eigenvalue weighted by molar-refractivity contribution is -0.155. The summed E-state index contributed by atoms with van der Waals surface area (Å²) in [5.41, 5.74) is -0.471. The van der Waals surface area contributed by atoms with Crippen molar-refractivity contribution >= 4 is 27.5 Å². The van der Waals surface area contributed by atoms with Gasteiger partial charge in [0.25, 0.3) is 0 Å². The molecule has 0 radical (unpaired) electrons. The Kier molecular flexibility index (Phi) is 6.59. The van der Waals surface area contributed by atoms with Gasteiger partial charge >= 0.3 is 6.18 Å². The minimum atomic E-state index is -4.51. The van der Waals surface area contributed by atoms with Crippen molar-refractivity contribution in [3.8, 4) is 0 Å². The third-order valence-electron chi connectivity index (χ3n) is 6.53. The summed E-state index contributed by atoms with van der Waals surface area (Å²) in [4.78, 5) is 13.2. The average Bonchev–Trinajstić information content (AvgIpc) is 3.68. The van der Waals surface area contributed by atoms with Gasteiger partial charge in [0, 0.05) is 6.42 Å². The van der Waals surface area contributed by atoms with Crippen LogP contribution in [-0.4, -0.2) is 43.7 Å². The van der Waals surface area contributed by atoms with E-state index in [-0.39, 0.29) is 48.5 Å². The Hall–Kier alpha value is -3.58. The number of halogens is 4. The maximum Gasteiger partial charge on any atom is 0.413 e. The highest BCUT2D eigenvalue weighted by Gasteiger charge is 2.64. The number of hydrogen-bond acceptors (Lipinski definition) is 5. The Morgan fingerprint density at radius 2 is 1.74 bits per heavy atom. The molecule has 0 amide bonds. The molecular weight excluding hydrogens is 524 g/mol. The number of fused-ring (bicyclic) bond motifs is 2. The van der Waals surface area contributed by atoms with Gasteiger partial charge in [-0.05, 0) is 48.2 Å². The van der Waals surface area contributed by atoms with Crippen LogP contribution < -0.4 is 15.8 Å². The highest BCUT2D eigenvalue weighted by atomic mass is 32.2. The number of nitrogens with zero attached hydrogens (tertiary/aromatic N) is 3. The maximum absolute atomic E-state index is 13.8. The smallest absolute Gasteiger partial charge is 0.349 e. The summed E-state index contributed by atoms with van der Waals surface area (Å²) >= 11 is 0. The summed E-state index contributed by atoms with van der Waals surface area (Å²) in [6.45, 7) is 0.110. The van der Waals surface area contributed by atoms with E-state index in [1.54, 1.807) is 30.3 Å². The molecule has 13 heteroatoms. The van der Waals surface area contributed by atoms with Gasteiger partial charge in [0.05, 0.1) is 29.2 Å². The van der Waals surface area contributed by atoms with Gasteiger partial charge in [0.1, 0.15) is 11.7 Å². The third-order valence-corrected chi connectivity index (χ3v) is 7.46. The molecule has 2 unspecified atom stereocenters. The van der Waals surface area contributed by atoms with Crippen LogP contribution in [0.25, 0.3) is 0 Å². The molecule has 8 nitrogen and oxygen atoms in total. The first-order chi connectivity index (χ1) is 17.9. The zero-order chi connectivity index (χ0) is 27.1. The number of hydrogen-bond donors (Lipinski definition) is 3. The summed E-state index contributed by atoms with van der Waals surface area (Å²) in [6, 6.07) is 10.7. The molecule has 1 aliphatic carbocycles. The Morgan fingerprint density at radius 1 is 1.05 bits per heavy atom. The lowest BCUT2D eigenvalue weighted by atomic mass is 10.1. The third kappa shape index (κ3) is 5.63. The van der Waals surface area contributed by atoms with Crippen LogP contribution in [0.2, 0.25) is 0 Å². The SMILES string of the molecule is NS(=O)(=O)c1ccc(CN=C2NC(=NC3(C(F)(F)F)CC3)C3=NC(c4ccc(F)cc4)C=CC(C3)N2)cc1. The zero-order valence-corrected chi connectivity index (χ0v) is 20.7. The fraction of sp³-hybridized carbons (Fsp3) is 0.320. The minimum Gasteiger partial charge on any atom is -0.349 e. The van der Waals surface area contributed by atoms with Crippen molar-refractivity contribution in [2.24, 2.45) is 20.1 Å². The lowest BCUT2D eigenvalue weighted by Crippen LogP contribution is -2.44. The number of alkyl halides is 3. The molecule has 2 bridgehead atoms. The first kappa shape index (κ1) is 26.0. The molecule has 1 saturated heterocycles. The van der Waals surface area contributed by atoms with Gasteiger partial charge in [0.15, 0.2) is 11.5 Å². The van der Waals surface area contributed by atoms with Crippen LogP contribution in [0.1, 0.15) is 36.4 Å². The number of nitrogens with one attached hydrogen (secondary N) is 2. The van der Waals surface area contributed by atoms with Gasteiger partial charge in [-0.15, -0.1) is 0 Å². The van der Waals surface area contributed by atoms with E-state index in [1.165, 1.54) is 24.3 Å². The van der Waals surface area contributed by atoms with Crippen LogP contribution >= 0.6 is 0 Å². The number of benzene rings is 2. The minimum absolute atomic E-state index is 0.0195. The van der Waals surface area contributed by atoms with Crippen molar-refractivity contribution in [2.45, 2.75) is 54.5 Å². The van der Waals surface area contributed by atoms with Crippen LogP contribution in [0, 0.1) is 5.82 Å². The number of amidine groups is 1. The molecule has 3 aliphatic rings. The van der Waals surface area contributed by atoms with Crippen LogP contribution in [0.5, 0.6) is 0 Å². The van der Waals surface area contributed by atoms with Crippen molar-refractivity contribution in [1.82, 2.24) is 10.6 Å². The van der Waals surface area contributed by atoms with E-state index in [0.29, 0.717) is 16.8 Å². The van der Waals surface area contributed by atoms with Gasteiger partial charge < -0.3 is 10.6 Å². The summed E-state index contributed by atoms with van der Waals surface area (Å²) in [6.07, 6.45) is -0.828. The molecule has 200 valence electrons. The maximum atomic E-state index is 13.8. The number of rotatable bonds is 5. The number of sulfonamides is 1. The molecule has 0 aromatic heterocycles. The summed E-state index contributed by atoms with van der Waals surface area (Å²) < 4.78 is 77.8. The second-order valence-corrected chi connectivity index (χ2v) is 10.9. The van der Waals surface area contributed by atoms with Crippen molar-refractivity contribution < 1.29 is 26.0 Å². The molecule has 38 heavy (non-hydrogen) atoms. The summed E-state index contributed by atoms with van der Waals surface area (Å²) in [7, 11) is -3.84. The predicted molar refractivity (Wildman–Crippen MR) is 135 cm³/mol. The Balaban J connectivity index is 1.47. The zero-order valence-electron chi connectivity index (χ0n) is 19.9. The number of aliphatic imine (C=N–C) groups is 3. The molecule has 2 atom stereocenters. The number of nitrogens with two attached hydrogens (primary N) is 1. The van der Waals surface area contributed by atoms with E-state index < -0.39 is 33.6 Å². The van der Waals surface area contributed by atoms with Gasteiger partial charge in [-0.3, -0.25) is 9.98 Å². The normalized spacial score (nSPS) is 24.7. The van der Waals surface area contributed by atoms with E-state index in [4.69, 9.17) is 10.1 Å². The first-order valence-corrected chi connectivity index (χ1v) is 13.3. The molecule has 1 saturated carbocycles. The highest BCUT2D eigenvalue weighted by molar-refractivity contribution is 7.89. The summed E-state index contributed by atoms with van der Waals surface area (Å²) in [5, 5.41) is 11.2. The second-order valence-electron chi connectivity index (χ2n) is 9.38. The van der Waals surface area contributed by atoms with Gasteiger partial charge in [-0.25, -0.2) is 22.9 Å². The quantitative estimate of drug-likeness (QED) is 0.391. The molecule has 4 N–H and O–H groups in total. The predicted octanol–water partition coefficient (Wildman–Crippen LogP) is 3.53. The van der Waals surface area contributed by atoms with E-state index in [2.05, 4.69) is 20.6 Å². The topological polar surface area (TPSA) is 121 Å². The fourth-order valence-corrected chi connectivity index (χ4v) is 4.72. The number of primary sulfonamides is 1. The van der Waals surface area contributed by atoms with Gasteiger partial charge in [-0.2, -0.15) is 13.2 Å². The monoisotopic (exact) mass is 548 g/mol. The van der Waals surface area contributed by atoms with Crippen LogP contribution in [0.3, 0.4) is 0 Å². The van der Waals surface area contributed by atoms with E-state index in [9.17, 15) is 26.0 Å². The van der Waals surface area contributed by atoms with Crippen LogP contribution in [-0.2, 0) is 16.6 Å². The van der Waals surface area contributed by atoms with Gasteiger partial charge in [-0.1, -0.05) is 36.4 Å². The number of guanidine groups is 1. The highest BCUT2D eigenvalue weighted by Crippen LogP contribution is 2.52. The molecule has 0 spiro atoms. The van der Waals surface area contributed by atoms with Crippen molar-refractivity contribution in [3.63, 3.8) is 0 Å². The largest absolute Gasteiger partial charge is 0.413 e. The van der Waals surface area contributed by atoms with Gasteiger partial charge in [0.2, 0.25) is 10.0 Å². The fourth-order valence-electron chi connectivity index (χ4n) is 4.20. The Labute approximate surface area is 216 Å². The molecule has 2 fully saturated rings. The molecule has 2 aromatic carbocycles. The molecule has 5 rings (SSSR count). The lowest BCUT2D eigenvalue weighted by Gasteiger charge is -2.19. The Bertz CT molecular complexity index is 1440. The summed E-state index contributed by atoms with van der Waals surface area (Å²) in [5.74, 6) is -0.215. The molecule has 2 heterocycles. The average molecular weight is 549 g/mol.